The summed E-state index contributed by atoms with van der Waals surface area (Å²) in [5, 5.41) is 13.6. The fourth-order valence-electron chi connectivity index (χ4n) is 1.35. The van der Waals surface area contributed by atoms with Crippen LogP contribution in [0.3, 0.4) is 0 Å². The average molecular weight is 184 g/mol. The average Bonchev–Trinajstić information content (AvgIpc) is 2.44. The molecule has 0 aliphatic rings. The van der Waals surface area contributed by atoms with Gasteiger partial charge in [0.25, 0.3) is 0 Å². The molecule has 74 valence electrons. The molecule has 1 aromatic heterocycles. The van der Waals surface area contributed by atoms with Crippen LogP contribution in [0.4, 0.5) is 0 Å². The third-order valence-corrected chi connectivity index (χ3v) is 2.26. The van der Waals surface area contributed by atoms with E-state index in [1.54, 1.807) is 13.8 Å². The Balaban J connectivity index is 2.93. The van der Waals surface area contributed by atoms with Crippen molar-refractivity contribution in [1.82, 2.24) is 5.16 Å². The number of hydrogen-bond donors (Lipinski definition) is 2. The highest BCUT2D eigenvalue weighted by Crippen LogP contribution is 2.24. The predicted octanol–water partition coefficient (Wildman–Crippen LogP) is 1.06. The molecular formula is C9H16N2O2. The maximum absolute atomic E-state index is 9.81. The fraction of sp³-hybridized carbons (Fsp3) is 0.667. The topological polar surface area (TPSA) is 72.3 Å². The molecule has 1 heterocycles. The van der Waals surface area contributed by atoms with Gasteiger partial charge < -0.3 is 15.4 Å². The molecule has 2 atom stereocenters. The largest absolute Gasteiger partial charge is 0.387 e. The molecule has 13 heavy (non-hydrogen) atoms. The first kappa shape index (κ1) is 10.2. The lowest BCUT2D eigenvalue weighted by molar-refractivity contribution is 0.142. The number of aryl methyl sites for hydroxylation is 2. The van der Waals surface area contributed by atoms with Gasteiger partial charge in [-0.05, 0) is 20.3 Å². The molecule has 0 amide bonds. The standard InChI is InChI=1S/C9H16N2O2/c1-4-7(10)9(12)8-5(2)11-13-6(8)3/h7,9,12H,4,10H2,1-3H3/t7-,9-/m0/s1. The molecule has 0 bridgehead atoms. The number of aromatic nitrogens is 1. The SMILES string of the molecule is CC[C@H](N)[C@H](O)c1c(C)noc1C. The highest BCUT2D eigenvalue weighted by Gasteiger charge is 2.22. The normalized spacial score (nSPS) is 15.8. The van der Waals surface area contributed by atoms with Gasteiger partial charge in [0.05, 0.1) is 11.8 Å². The second-order valence-corrected chi connectivity index (χ2v) is 3.25. The van der Waals surface area contributed by atoms with Crippen molar-refractivity contribution in [2.24, 2.45) is 5.73 Å². The summed E-state index contributed by atoms with van der Waals surface area (Å²) in [6.07, 6.45) is 0.0573. The number of rotatable bonds is 3. The third-order valence-electron chi connectivity index (χ3n) is 2.26. The molecular weight excluding hydrogens is 168 g/mol. The van der Waals surface area contributed by atoms with Crippen LogP contribution in [0.2, 0.25) is 0 Å². The van der Waals surface area contributed by atoms with E-state index in [-0.39, 0.29) is 6.04 Å². The van der Waals surface area contributed by atoms with E-state index in [4.69, 9.17) is 10.3 Å². The van der Waals surface area contributed by atoms with Crippen molar-refractivity contribution in [2.75, 3.05) is 0 Å². The zero-order chi connectivity index (χ0) is 10.0. The second-order valence-electron chi connectivity index (χ2n) is 3.25. The lowest BCUT2D eigenvalue weighted by Crippen LogP contribution is -2.27. The lowest BCUT2D eigenvalue weighted by atomic mass is 10.00. The molecule has 0 saturated heterocycles. The number of nitrogens with two attached hydrogens (primary N) is 1. The van der Waals surface area contributed by atoms with Gasteiger partial charge in [-0.25, -0.2) is 0 Å². The highest BCUT2D eigenvalue weighted by molar-refractivity contribution is 5.24. The van der Waals surface area contributed by atoms with Gasteiger partial charge in [0, 0.05) is 11.6 Å². The maximum Gasteiger partial charge on any atom is 0.139 e. The van der Waals surface area contributed by atoms with E-state index < -0.39 is 6.10 Å². The van der Waals surface area contributed by atoms with Crippen molar-refractivity contribution in [3.63, 3.8) is 0 Å². The summed E-state index contributed by atoms with van der Waals surface area (Å²) in [7, 11) is 0. The number of aliphatic hydroxyl groups is 1. The maximum atomic E-state index is 9.81. The molecule has 3 N–H and O–H groups in total. The van der Waals surface area contributed by atoms with Crippen LogP contribution in [0.1, 0.15) is 36.5 Å². The molecule has 0 aromatic carbocycles. The van der Waals surface area contributed by atoms with Crippen LogP contribution >= 0.6 is 0 Å². The Morgan fingerprint density at radius 1 is 1.54 bits per heavy atom. The van der Waals surface area contributed by atoms with E-state index in [0.29, 0.717) is 11.5 Å². The molecule has 0 aliphatic heterocycles. The van der Waals surface area contributed by atoms with Crippen LogP contribution in [0.15, 0.2) is 4.52 Å². The van der Waals surface area contributed by atoms with E-state index >= 15 is 0 Å². The zero-order valence-corrected chi connectivity index (χ0v) is 8.24. The minimum Gasteiger partial charge on any atom is -0.387 e. The Labute approximate surface area is 77.7 Å². The number of nitrogens with zero attached hydrogens (tertiary/aromatic N) is 1. The molecule has 0 unspecified atom stereocenters. The molecule has 0 radical (unpaired) electrons. The Hall–Kier alpha value is -0.870. The van der Waals surface area contributed by atoms with Crippen molar-refractivity contribution in [3.05, 3.63) is 17.0 Å². The quantitative estimate of drug-likeness (QED) is 0.736. The van der Waals surface area contributed by atoms with Gasteiger partial charge in [0.15, 0.2) is 0 Å². The van der Waals surface area contributed by atoms with Crippen LogP contribution in [0, 0.1) is 13.8 Å². The van der Waals surface area contributed by atoms with Crippen LogP contribution < -0.4 is 5.73 Å². The Morgan fingerprint density at radius 2 is 2.15 bits per heavy atom. The monoisotopic (exact) mass is 184 g/mol. The minimum atomic E-state index is -0.670. The van der Waals surface area contributed by atoms with Gasteiger partial charge in [-0.15, -0.1) is 0 Å². The Morgan fingerprint density at radius 3 is 2.54 bits per heavy atom. The van der Waals surface area contributed by atoms with Gasteiger partial charge in [0.1, 0.15) is 5.76 Å². The number of aliphatic hydroxyl groups excluding tert-OH is 1. The van der Waals surface area contributed by atoms with Gasteiger partial charge in [-0.3, -0.25) is 0 Å². The minimum absolute atomic E-state index is 0.253. The summed E-state index contributed by atoms with van der Waals surface area (Å²) in [6, 6.07) is -0.253. The van der Waals surface area contributed by atoms with Crippen molar-refractivity contribution in [1.29, 1.82) is 0 Å². The summed E-state index contributed by atoms with van der Waals surface area (Å²) < 4.78 is 4.95. The summed E-state index contributed by atoms with van der Waals surface area (Å²) in [5.74, 6) is 0.647. The van der Waals surface area contributed by atoms with Crippen molar-refractivity contribution in [2.45, 2.75) is 39.3 Å². The van der Waals surface area contributed by atoms with Gasteiger partial charge in [0.2, 0.25) is 0 Å². The number of hydrogen-bond acceptors (Lipinski definition) is 4. The lowest BCUT2D eigenvalue weighted by Gasteiger charge is -2.16. The van der Waals surface area contributed by atoms with E-state index in [1.807, 2.05) is 6.92 Å². The molecule has 0 spiro atoms. The zero-order valence-electron chi connectivity index (χ0n) is 8.24. The first-order chi connectivity index (χ1) is 6.07. The summed E-state index contributed by atoms with van der Waals surface area (Å²) in [6.45, 7) is 5.52. The fourth-order valence-corrected chi connectivity index (χ4v) is 1.35. The summed E-state index contributed by atoms with van der Waals surface area (Å²) in [4.78, 5) is 0. The van der Waals surface area contributed by atoms with Crippen LogP contribution in [-0.4, -0.2) is 16.3 Å². The second kappa shape index (κ2) is 3.89. The van der Waals surface area contributed by atoms with Gasteiger partial charge in [-0.1, -0.05) is 12.1 Å². The first-order valence-corrected chi connectivity index (χ1v) is 4.44. The first-order valence-electron chi connectivity index (χ1n) is 4.44. The molecule has 0 saturated carbocycles. The van der Waals surface area contributed by atoms with Crippen LogP contribution in [0.25, 0.3) is 0 Å². The summed E-state index contributed by atoms with van der Waals surface area (Å²) >= 11 is 0. The molecule has 4 heteroatoms. The van der Waals surface area contributed by atoms with Gasteiger partial charge >= 0.3 is 0 Å². The Kier molecular flexibility index (Phi) is 3.06. The molecule has 4 nitrogen and oxygen atoms in total. The molecule has 0 aliphatic carbocycles. The molecule has 1 rings (SSSR count). The van der Waals surface area contributed by atoms with E-state index in [1.165, 1.54) is 0 Å². The molecule has 0 fully saturated rings. The van der Waals surface area contributed by atoms with Gasteiger partial charge in [-0.2, -0.15) is 0 Å². The smallest absolute Gasteiger partial charge is 0.139 e. The van der Waals surface area contributed by atoms with Crippen molar-refractivity contribution in [3.8, 4) is 0 Å². The summed E-state index contributed by atoms with van der Waals surface area (Å²) in [5.41, 5.74) is 7.17. The predicted molar refractivity (Wildman–Crippen MR) is 49.2 cm³/mol. The Bertz CT molecular complexity index is 264. The van der Waals surface area contributed by atoms with E-state index in [2.05, 4.69) is 5.16 Å². The van der Waals surface area contributed by atoms with E-state index in [0.717, 1.165) is 12.0 Å². The van der Waals surface area contributed by atoms with Crippen molar-refractivity contribution >= 4 is 0 Å². The highest BCUT2D eigenvalue weighted by atomic mass is 16.5. The molecule has 1 aromatic rings. The third kappa shape index (κ3) is 1.89. The van der Waals surface area contributed by atoms with Crippen LogP contribution in [0.5, 0.6) is 0 Å². The van der Waals surface area contributed by atoms with E-state index in [9.17, 15) is 5.11 Å². The van der Waals surface area contributed by atoms with Crippen LogP contribution in [-0.2, 0) is 0 Å². The van der Waals surface area contributed by atoms with Crippen molar-refractivity contribution < 1.29 is 9.63 Å².